The molecular weight excluding hydrogens is 405 g/mol. The van der Waals surface area contributed by atoms with Crippen molar-refractivity contribution in [3.63, 3.8) is 0 Å². The number of hydrazine groups is 1. The monoisotopic (exact) mass is 419 g/mol. The van der Waals surface area contributed by atoms with E-state index in [1.165, 1.54) is 10.6 Å². The summed E-state index contributed by atoms with van der Waals surface area (Å²) in [7, 11) is 0. The van der Waals surface area contributed by atoms with E-state index in [1.807, 2.05) is 5.43 Å². The molecule has 8 nitrogen and oxygen atoms in total. The molecular formula is C18H15Cl2N5O3. The predicted octanol–water partition coefficient (Wildman–Crippen LogP) is 3.36. The Kier molecular flexibility index (Phi) is 5.96. The maximum atomic E-state index is 12.9. The molecule has 2 heterocycles. The molecule has 10 heteroatoms. The third kappa shape index (κ3) is 4.00. The molecule has 28 heavy (non-hydrogen) atoms. The molecule has 0 spiro atoms. The van der Waals surface area contributed by atoms with Crippen LogP contribution in [0.1, 0.15) is 26.4 Å². The first-order valence-electron chi connectivity index (χ1n) is 8.02. The third-order valence-corrected chi connectivity index (χ3v) is 4.41. The van der Waals surface area contributed by atoms with Crippen LogP contribution in [-0.2, 0) is 0 Å². The largest absolute Gasteiger partial charge is 0.320 e. The summed E-state index contributed by atoms with van der Waals surface area (Å²) in [5.41, 5.74) is 4.70. The summed E-state index contributed by atoms with van der Waals surface area (Å²) in [4.78, 5) is 29.4. The number of aryl methyl sites for hydroxylation is 1. The minimum Gasteiger partial charge on any atom is -0.320 e. The number of pyridine rings is 1. The second-order valence-electron chi connectivity index (χ2n) is 5.73. The number of aromatic nitrogens is 2. The van der Waals surface area contributed by atoms with Gasteiger partial charge in [-0.3, -0.25) is 24.8 Å². The lowest BCUT2D eigenvalue weighted by atomic mass is 10.1. The minimum absolute atomic E-state index is 0.0712. The van der Waals surface area contributed by atoms with Crippen LogP contribution in [0.3, 0.4) is 0 Å². The first kappa shape index (κ1) is 19.8. The van der Waals surface area contributed by atoms with Crippen LogP contribution in [0.4, 0.5) is 5.69 Å². The Labute approximate surface area is 170 Å². The summed E-state index contributed by atoms with van der Waals surface area (Å²) in [5.74, 6) is -0.714. The highest BCUT2D eigenvalue weighted by atomic mass is 35.5. The molecule has 4 N–H and O–H groups in total. The van der Waals surface area contributed by atoms with Gasteiger partial charge in [0.2, 0.25) is 0 Å². The molecule has 3 rings (SSSR count). The zero-order valence-electron chi connectivity index (χ0n) is 14.5. The maximum Gasteiger partial charge on any atom is 0.272 e. The van der Waals surface area contributed by atoms with E-state index < -0.39 is 11.8 Å². The zero-order valence-corrected chi connectivity index (χ0v) is 16.0. The van der Waals surface area contributed by atoms with Crippen molar-refractivity contribution < 1.29 is 14.8 Å². The smallest absolute Gasteiger partial charge is 0.272 e. The number of carbonyl (C=O) groups is 2. The van der Waals surface area contributed by atoms with Gasteiger partial charge in [0.1, 0.15) is 16.7 Å². The Morgan fingerprint density at radius 2 is 1.89 bits per heavy atom. The number of carbonyl (C=O) groups excluding carboxylic acids is 2. The van der Waals surface area contributed by atoms with E-state index in [4.69, 9.17) is 28.4 Å². The number of hydrogen-bond acceptors (Lipinski definition) is 5. The van der Waals surface area contributed by atoms with E-state index in [0.717, 1.165) is 0 Å². The van der Waals surface area contributed by atoms with Crippen molar-refractivity contribution in [1.82, 2.24) is 20.6 Å². The minimum atomic E-state index is -0.679. The highest BCUT2D eigenvalue weighted by molar-refractivity contribution is 6.31. The second-order valence-corrected chi connectivity index (χ2v) is 6.55. The molecule has 0 fully saturated rings. The van der Waals surface area contributed by atoms with Gasteiger partial charge in [0.15, 0.2) is 0 Å². The predicted molar refractivity (Wildman–Crippen MR) is 105 cm³/mol. The number of amides is 2. The zero-order chi connectivity index (χ0) is 20.3. The lowest BCUT2D eigenvalue weighted by molar-refractivity contribution is 0.0732. The Hall–Kier alpha value is -2.91. The standard InChI is InChI=1S/C18H15Cl2N5O3/c1-10-8-11(19)9-12(17(26)23-24-28)16(10)22-18(27)13-5-6-14(20)25(13)15-4-2-3-7-21-15/h2-9,24,28H,1H3,(H,22,27)(H,23,26). The summed E-state index contributed by atoms with van der Waals surface area (Å²) in [5, 5.41) is 12.0. The molecule has 144 valence electrons. The van der Waals surface area contributed by atoms with Crippen molar-refractivity contribution in [3.05, 3.63) is 75.7 Å². The summed E-state index contributed by atoms with van der Waals surface area (Å²) in [6, 6.07) is 11.3. The van der Waals surface area contributed by atoms with Crippen LogP contribution in [0.2, 0.25) is 10.2 Å². The van der Waals surface area contributed by atoms with Crippen LogP contribution >= 0.6 is 23.2 Å². The normalized spacial score (nSPS) is 10.6. The molecule has 0 radical (unpaired) electrons. The van der Waals surface area contributed by atoms with Crippen molar-refractivity contribution in [1.29, 1.82) is 0 Å². The molecule has 1 aromatic carbocycles. The topological polar surface area (TPSA) is 108 Å². The molecule has 0 aliphatic rings. The lowest BCUT2D eigenvalue weighted by Crippen LogP contribution is -2.35. The maximum absolute atomic E-state index is 12.9. The fraction of sp³-hybridized carbons (Fsp3) is 0.0556. The lowest BCUT2D eigenvalue weighted by Gasteiger charge is -2.15. The molecule has 0 unspecified atom stereocenters. The summed E-state index contributed by atoms with van der Waals surface area (Å²) >= 11 is 12.2. The average Bonchev–Trinajstić information content (AvgIpc) is 3.06. The average molecular weight is 420 g/mol. The third-order valence-electron chi connectivity index (χ3n) is 3.90. The second kappa shape index (κ2) is 8.41. The van der Waals surface area contributed by atoms with E-state index in [0.29, 0.717) is 21.6 Å². The van der Waals surface area contributed by atoms with Gasteiger partial charge in [-0.1, -0.05) is 29.3 Å². The molecule has 3 aromatic rings. The first-order valence-corrected chi connectivity index (χ1v) is 8.77. The van der Waals surface area contributed by atoms with E-state index >= 15 is 0 Å². The van der Waals surface area contributed by atoms with Gasteiger partial charge in [-0.05, 0) is 48.9 Å². The molecule has 0 saturated heterocycles. The molecule has 0 aliphatic carbocycles. The van der Waals surface area contributed by atoms with Gasteiger partial charge in [-0.15, -0.1) is 5.59 Å². The molecule has 0 saturated carbocycles. The Morgan fingerprint density at radius 1 is 1.11 bits per heavy atom. The van der Waals surface area contributed by atoms with Crippen molar-refractivity contribution in [2.45, 2.75) is 6.92 Å². The van der Waals surface area contributed by atoms with Gasteiger partial charge in [0.25, 0.3) is 11.8 Å². The summed E-state index contributed by atoms with van der Waals surface area (Å²) < 4.78 is 1.48. The molecule has 2 aromatic heterocycles. The van der Waals surface area contributed by atoms with Crippen molar-refractivity contribution in [3.8, 4) is 5.82 Å². The number of nitrogens with zero attached hydrogens (tertiary/aromatic N) is 2. The highest BCUT2D eigenvalue weighted by Gasteiger charge is 2.21. The van der Waals surface area contributed by atoms with Crippen LogP contribution in [0.15, 0.2) is 48.7 Å². The molecule has 0 bridgehead atoms. The number of halogens is 2. The fourth-order valence-corrected chi connectivity index (χ4v) is 3.21. The van der Waals surface area contributed by atoms with Crippen LogP contribution in [0, 0.1) is 6.92 Å². The SMILES string of the molecule is Cc1cc(Cl)cc(C(=O)NNO)c1NC(=O)c1ccc(Cl)n1-c1ccccn1. The van der Waals surface area contributed by atoms with E-state index in [1.54, 1.807) is 55.1 Å². The van der Waals surface area contributed by atoms with Crippen LogP contribution in [0.25, 0.3) is 5.82 Å². The van der Waals surface area contributed by atoms with Gasteiger partial charge in [-0.25, -0.2) is 4.98 Å². The van der Waals surface area contributed by atoms with E-state index in [9.17, 15) is 9.59 Å². The van der Waals surface area contributed by atoms with Gasteiger partial charge in [0, 0.05) is 11.2 Å². The quantitative estimate of drug-likeness (QED) is 0.474. The summed E-state index contributed by atoms with van der Waals surface area (Å²) in [6.07, 6.45) is 1.58. The Morgan fingerprint density at radius 3 is 2.57 bits per heavy atom. The van der Waals surface area contributed by atoms with Crippen LogP contribution in [0.5, 0.6) is 0 Å². The van der Waals surface area contributed by atoms with Gasteiger partial charge < -0.3 is 5.32 Å². The summed E-state index contributed by atoms with van der Waals surface area (Å²) in [6.45, 7) is 1.69. The van der Waals surface area contributed by atoms with Crippen LogP contribution < -0.4 is 16.3 Å². The van der Waals surface area contributed by atoms with Crippen molar-refractivity contribution in [2.75, 3.05) is 5.32 Å². The number of anilines is 1. The van der Waals surface area contributed by atoms with E-state index in [2.05, 4.69) is 10.3 Å². The highest BCUT2D eigenvalue weighted by Crippen LogP contribution is 2.27. The van der Waals surface area contributed by atoms with Gasteiger partial charge in [0.05, 0.1) is 11.3 Å². The first-order chi connectivity index (χ1) is 13.4. The number of hydrogen-bond donors (Lipinski definition) is 4. The fourth-order valence-electron chi connectivity index (χ4n) is 2.69. The number of nitrogens with one attached hydrogen (secondary N) is 3. The Balaban J connectivity index is 2.01. The number of rotatable bonds is 5. The Bertz CT molecular complexity index is 1040. The van der Waals surface area contributed by atoms with E-state index in [-0.39, 0.29) is 16.9 Å². The number of benzene rings is 1. The van der Waals surface area contributed by atoms with Gasteiger partial charge in [-0.2, -0.15) is 0 Å². The van der Waals surface area contributed by atoms with Crippen molar-refractivity contribution in [2.24, 2.45) is 0 Å². The van der Waals surface area contributed by atoms with Crippen molar-refractivity contribution >= 4 is 40.7 Å². The van der Waals surface area contributed by atoms with Gasteiger partial charge >= 0.3 is 0 Å². The molecule has 0 aliphatic heterocycles. The van der Waals surface area contributed by atoms with Crippen LogP contribution in [-0.4, -0.2) is 26.6 Å². The molecule has 2 amide bonds. The molecule has 0 atom stereocenters.